The first-order valence-corrected chi connectivity index (χ1v) is 8.42. The van der Waals surface area contributed by atoms with Crippen molar-refractivity contribution in [3.63, 3.8) is 0 Å². The molecule has 27 heavy (non-hydrogen) atoms. The predicted octanol–water partition coefficient (Wildman–Crippen LogP) is 4.37. The van der Waals surface area contributed by atoms with Gasteiger partial charge in [-0.2, -0.15) is 8.78 Å². The molecule has 0 aliphatic heterocycles. The van der Waals surface area contributed by atoms with E-state index in [1.54, 1.807) is 18.2 Å². The molecule has 1 amide bonds. The number of ether oxygens (including phenoxy) is 1. The van der Waals surface area contributed by atoms with E-state index in [-0.39, 0.29) is 29.2 Å². The molecule has 3 rings (SSSR count). The highest BCUT2D eigenvalue weighted by Crippen LogP contribution is 2.26. The maximum atomic E-state index is 12.5. The summed E-state index contributed by atoms with van der Waals surface area (Å²) in [6, 6.07) is 10.4. The van der Waals surface area contributed by atoms with Crippen molar-refractivity contribution in [2.45, 2.75) is 13.2 Å². The number of para-hydroxylation sites is 1. The highest BCUT2D eigenvalue weighted by atomic mass is 79.9. The Morgan fingerprint density at radius 1 is 1.30 bits per heavy atom. The van der Waals surface area contributed by atoms with Crippen molar-refractivity contribution in [3.05, 3.63) is 68.3 Å². The largest absolute Gasteiger partial charge is 0.434 e. The van der Waals surface area contributed by atoms with E-state index in [9.17, 15) is 23.7 Å². The molecule has 0 saturated heterocycles. The topological polar surface area (TPSA) is 97.3 Å². The zero-order valence-electron chi connectivity index (χ0n) is 13.5. The molecule has 0 aliphatic carbocycles. The van der Waals surface area contributed by atoms with Gasteiger partial charge in [-0.3, -0.25) is 14.9 Å². The van der Waals surface area contributed by atoms with Crippen LogP contribution in [0.15, 0.2) is 46.9 Å². The molecule has 0 atom stereocenters. The molecule has 1 heterocycles. The van der Waals surface area contributed by atoms with Crippen LogP contribution < -0.4 is 10.1 Å². The summed E-state index contributed by atoms with van der Waals surface area (Å²) < 4.78 is 30.1. The minimum absolute atomic E-state index is 0.0548. The van der Waals surface area contributed by atoms with Crippen LogP contribution in [0.2, 0.25) is 0 Å². The molecule has 0 bridgehead atoms. The fraction of sp³-hybridized carbons (Fsp3) is 0.118. The van der Waals surface area contributed by atoms with E-state index in [1.807, 2.05) is 0 Å². The van der Waals surface area contributed by atoms with E-state index >= 15 is 0 Å². The number of carbonyl (C=O) groups excluding carboxylic acids is 1. The van der Waals surface area contributed by atoms with Crippen molar-refractivity contribution in [1.82, 2.24) is 10.3 Å². The summed E-state index contributed by atoms with van der Waals surface area (Å²) in [6.07, 6.45) is 0. The first-order chi connectivity index (χ1) is 12.8. The molecule has 0 saturated carbocycles. The molecular weight excluding hydrogens is 428 g/mol. The Morgan fingerprint density at radius 2 is 2.07 bits per heavy atom. The van der Waals surface area contributed by atoms with Crippen molar-refractivity contribution in [2.75, 3.05) is 0 Å². The van der Waals surface area contributed by atoms with Gasteiger partial charge in [0.2, 0.25) is 0 Å². The van der Waals surface area contributed by atoms with Crippen molar-refractivity contribution >= 4 is 38.4 Å². The Hall–Kier alpha value is -3.01. The van der Waals surface area contributed by atoms with E-state index in [1.165, 1.54) is 24.3 Å². The molecule has 1 aromatic heterocycles. The van der Waals surface area contributed by atoms with Crippen molar-refractivity contribution < 1.29 is 23.2 Å². The Labute approximate surface area is 159 Å². The zero-order valence-corrected chi connectivity index (χ0v) is 15.1. The summed E-state index contributed by atoms with van der Waals surface area (Å²) in [5, 5.41) is 14.2. The molecule has 0 unspecified atom stereocenters. The number of aromatic nitrogens is 1. The Bertz CT molecular complexity index is 1020. The number of nitro groups is 1. The first-order valence-electron chi connectivity index (χ1n) is 7.62. The summed E-state index contributed by atoms with van der Waals surface area (Å²) in [6.45, 7) is -3.06. The molecule has 10 heteroatoms. The minimum Gasteiger partial charge on any atom is -0.434 e. The van der Waals surface area contributed by atoms with Gasteiger partial charge in [0.05, 0.1) is 4.92 Å². The number of alkyl halides is 2. The number of hydrogen-bond donors (Lipinski definition) is 2. The van der Waals surface area contributed by atoms with Gasteiger partial charge in [0, 0.05) is 28.0 Å². The highest BCUT2D eigenvalue weighted by Gasteiger charge is 2.17. The highest BCUT2D eigenvalue weighted by molar-refractivity contribution is 9.10. The van der Waals surface area contributed by atoms with Gasteiger partial charge in [-0.15, -0.1) is 0 Å². The molecule has 2 aromatic carbocycles. The average molecular weight is 440 g/mol. The second-order valence-electron chi connectivity index (χ2n) is 5.49. The van der Waals surface area contributed by atoms with Gasteiger partial charge in [0.15, 0.2) is 0 Å². The number of fused-ring (bicyclic) bond motifs is 1. The number of non-ortho nitro benzene ring substituents is 1. The molecular formula is C17H12BrF2N3O4. The van der Waals surface area contributed by atoms with Gasteiger partial charge in [-0.1, -0.05) is 28.1 Å². The SMILES string of the molecule is O=C(NCc1cc(Br)ccc1OC(F)F)c1cc2cccc([N+](=O)[O-])c2[nH]1. The standard InChI is InChI=1S/C17H12BrF2N3O4/c18-11-4-5-14(27-17(19)20)10(6-11)8-21-16(24)12-7-9-2-1-3-13(23(25)26)15(9)22-12/h1-7,17,22H,8H2,(H,21,24). The number of benzene rings is 2. The van der Waals surface area contributed by atoms with Gasteiger partial charge < -0.3 is 15.0 Å². The maximum Gasteiger partial charge on any atom is 0.387 e. The summed E-state index contributed by atoms with van der Waals surface area (Å²) in [5.74, 6) is -0.593. The summed E-state index contributed by atoms with van der Waals surface area (Å²) in [4.78, 5) is 25.6. The summed E-state index contributed by atoms with van der Waals surface area (Å²) in [5.41, 5.74) is 0.550. The van der Waals surface area contributed by atoms with Crippen molar-refractivity contribution in [2.24, 2.45) is 0 Å². The van der Waals surface area contributed by atoms with Crippen LogP contribution >= 0.6 is 15.9 Å². The van der Waals surface area contributed by atoms with Crippen LogP contribution in [-0.4, -0.2) is 22.4 Å². The molecule has 2 N–H and O–H groups in total. The monoisotopic (exact) mass is 439 g/mol. The number of rotatable bonds is 6. The Balaban J connectivity index is 1.81. The number of hydrogen-bond acceptors (Lipinski definition) is 4. The number of nitrogens with zero attached hydrogens (tertiary/aromatic N) is 1. The third-order valence-corrected chi connectivity index (χ3v) is 4.25. The average Bonchev–Trinajstić information content (AvgIpc) is 3.05. The second kappa shape index (κ2) is 7.70. The van der Waals surface area contributed by atoms with Gasteiger partial charge in [-0.25, -0.2) is 0 Å². The smallest absolute Gasteiger partial charge is 0.387 e. The summed E-state index contributed by atoms with van der Waals surface area (Å²) >= 11 is 3.23. The normalized spacial score (nSPS) is 11.0. The third kappa shape index (κ3) is 4.22. The molecule has 3 aromatic rings. The second-order valence-corrected chi connectivity index (χ2v) is 6.41. The minimum atomic E-state index is -2.99. The lowest BCUT2D eigenvalue weighted by Gasteiger charge is -2.11. The number of amides is 1. The van der Waals surface area contributed by atoms with Crippen LogP contribution in [0, 0.1) is 10.1 Å². The molecule has 140 valence electrons. The molecule has 0 spiro atoms. The van der Waals surface area contributed by atoms with Crippen LogP contribution in [0.1, 0.15) is 16.1 Å². The first kappa shape index (κ1) is 18.8. The van der Waals surface area contributed by atoms with Crippen LogP contribution in [0.4, 0.5) is 14.5 Å². The van der Waals surface area contributed by atoms with Gasteiger partial charge in [0.1, 0.15) is 17.0 Å². The number of halogens is 3. The fourth-order valence-electron chi connectivity index (χ4n) is 2.58. The van der Waals surface area contributed by atoms with Gasteiger partial charge in [0.25, 0.3) is 11.6 Å². The lowest BCUT2D eigenvalue weighted by molar-refractivity contribution is -0.383. The number of aromatic amines is 1. The maximum absolute atomic E-state index is 12.5. The summed E-state index contributed by atoms with van der Waals surface area (Å²) in [7, 11) is 0. The van der Waals surface area contributed by atoms with E-state index in [2.05, 4.69) is 31.0 Å². The van der Waals surface area contributed by atoms with Gasteiger partial charge >= 0.3 is 6.61 Å². The van der Waals surface area contributed by atoms with E-state index in [0.717, 1.165) is 0 Å². The van der Waals surface area contributed by atoms with Crippen molar-refractivity contribution in [3.8, 4) is 5.75 Å². The van der Waals surface area contributed by atoms with Gasteiger partial charge in [-0.05, 0) is 24.3 Å². The van der Waals surface area contributed by atoms with E-state index in [0.29, 0.717) is 15.4 Å². The Morgan fingerprint density at radius 3 is 2.78 bits per heavy atom. The van der Waals surface area contributed by atoms with Crippen LogP contribution in [0.5, 0.6) is 5.75 Å². The molecule has 0 radical (unpaired) electrons. The molecule has 0 fully saturated rings. The zero-order chi connectivity index (χ0) is 19.6. The fourth-order valence-corrected chi connectivity index (χ4v) is 2.99. The third-order valence-electron chi connectivity index (χ3n) is 3.75. The van der Waals surface area contributed by atoms with Crippen LogP contribution in [0.25, 0.3) is 10.9 Å². The number of carbonyl (C=O) groups is 1. The number of H-pyrrole nitrogens is 1. The quantitative estimate of drug-likeness (QED) is 0.440. The van der Waals surface area contributed by atoms with E-state index in [4.69, 9.17) is 0 Å². The predicted molar refractivity (Wildman–Crippen MR) is 96.9 cm³/mol. The number of nitrogens with one attached hydrogen (secondary N) is 2. The van der Waals surface area contributed by atoms with E-state index < -0.39 is 17.4 Å². The number of nitro benzene ring substituents is 1. The lowest BCUT2D eigenvalue weighted by atomic mass is 10.2. The Kier molecular flexibility index (Phi) is 5.36. The van der Waals surface area contributed by atoms with Crippen LogP contribution in [0.3, 0.4) is 0 Å². The lowest BCUT2D eigenvalue weighted by Crippen LogP contribution is -2.23. The van der Waals surface area contributed by atoms with Crippen molar-refractivity contribution in [1.29, 1.82) is 0 Å². The molecule has 0 aliphatic rings. The van der Waals surface area contributed by atoms with Crippen LogP contribution in [-0.2, 0) is 6.54 Å². The molecule has 7 nitrogen and oxygen atoms in total.